The van der Waals surface area contributed by atoms with E-state index in [1.807, 2.05) is 6.92 Å². The second-order valence-corrected chi connectivity index (χ2v) is 5.59. The molecule has 3 aromatic rings. The predicted octanol–water partition coefficient (Wildman–Crippen LogP) is 2.67. The number of benzene rings is 1. The number of anilines is 1. The molecule has 0 saturated carbocycles. The van der Waals surface area contributed by atoms with Gasteiger partial charge in [0.2, 0.25) is 0 Å². The van der Waals surface area contributed by atoms with Crippen LogP contribution in [-0.2, 0) is 19.4 Å². The van der Waals surface area contributed by atoms with Gasteiger partial charge in [-0.3, -0.25) is 0 Å². The number of fused-ring (bicyclic) bond motifs is 2. The van der Waals surface area contributed by atoms with Gasteiger partial charge in [0.05, 0.1) is 5.69 Å². The highest BCUT2D eigenvalue weighted by molar-refractivity contribution is 5.54. The summed E-state index contributed by atoms with van der Waals surface area (Å²) < 4.78 is 14.8. The number of hydrogen-bond donors (Lipinski definition) is 1. The lowest BCUT2D eigenvalue weighted by Gasteiger charge is -2.12. The number of nitrogens with zero attached hydrogens (tertiary/aromatic N) is 4. The van der Waals surface area contributed by atoms with Gasteiger partial charge < -0.3 is 5.32 Å². The third-order valence-corrected chi connectivity index (χ3v) is 3.99. The van der Waals surface area contributed by atoms with E-state index in [0.29, 0.717) is 18.1 Å². The van der Waals surface area contributed by atoms with E-state index in [4.69, 9.17) is 0 Å². The Bertz CT molecular complexity index is 838. The fourth-order valence-corrected chi connectivity index (χ4v) is 2.95. The molecule has 1 aromatic carbocycles. The predicted molar refractivity (Wildman–Crippen MR) is 81.3 cm³/mol. The summed E-state index contributed by atoms with van der Waals surface area (Å²) in [6.07, 6.45) is 3.10. The summed E-state index contributed by atoms with van der Waals surface area (Å²) in [7, 11) is 0. The van der Waals surface area contributed by atoms with Crippen molar-refractivity contribution in [3.63, 3.8) is 0 Å². The molecule has 1 aliphatic carbocycles. The third-order valence-electron chi connectivity index (χ3n) is 3.99. The molecule has 0 atom stereocenters. The Labute approximate surface area is 127 Å². The van der Waals surface area contributed by atoms with Gasteiger partial charge >= 0.3 is 0 Å². The quantitative estimate of drug-likeness (QED) is 0.807. The first-order chi connectivity index (χ1) is 10.7. The Morgan fingerprint density at radius 2 is 2.00 bits per heavy atom. The Balaban J connectivity index is 1.72. The Hall–Kier alpha value is -2.50. The van der Waals surface area contributed by atoms with Gasteiger partial charge in [-0.1, -0.05) is 12.1 Å². The summed E-state index contributed by atoms with van der Waals surface area (Å²) >= 11 is 0. The molecule has 0 fully saturated rings. The maximum absolute atomic E-state index is 13.0. The zero-order valence-electron chi connectivity index (χ0n) is 12.3. The van der Waals surface area contributed by atoms with E-state index in [9.17, 15) is 4.39 Å². The number of hydrogen-bond acceptors (Lipinski definition) is 4. The normalized spacial score (nSPS) is 13.5. The van der Waals surface area contributed by atoms with Crippen LogP contribution in [0.5, 0.6) is 0 Å². The second kappa shape index (κ2) is 5.05. The van der Waals surface area contributed by atoms with Crippen molar-refractivity contribution in [3.8, 4) is 0 Å². The zero-order valence-corrected chi connectivity index (χ0v) is 12.3. The molecule has 0 radical (unpaired) electrons. The van der Waals surface area contributed by atoms with Crippen molar-refractivity contribution in [3.05, 3.63) is 52.7 Å². The molecule has 1 N–H and O–H groups in total. The molecular formula is C16H16FN5. The van der Waals surface area contributed by atoms with Crippen molar-refractivity contribution < 1.29 is 4.39 Å². The van der Waals surface area contributed by atoms with Crippen LogP contribution in [0.25, 0.3) is 5.78 Å². The minimum Gasteiger partial charge on any atom is -0.366 e. The second-order valence-electron chi connectivity index (χ2n) is 5.59. The number of aryl methyl sites for hydroxylation is 2. The van der Waals surface area contributed by atoms with Gasteiger partial charge in [-0.05, 0) is 43.9 Å². The zero-order chi connectivity index (χ0) is 15.1. The van der Waals surface area contributed by atoms with Crippen LogP contribution in [0.3, 0.4) is 0 Å². The summed E-state index contributed by atoms with van der Waals surface area (Å²) in [6.45, 7) is 2.48. The molecule has 2 aromatic heterocycles. The first-order valence-corrected chi connectivity index (χ1v) is 7.44. The van der Waals surface area contributed by atoms with Gasteiger partial charge in [-0.25, -0.2) is 9.37 Å². The molecule has 0 saturated heterocycles. The smallest absolute Gasteiger partial charge is 0.254 e. The molecule has 0 unspecified atom stereocenters. The molecule has 0 spiro atoms. The van der Waals surface area contributed by atoms with Crippen LogP contribution in [0.2, 0.25) is 0 Å². The van der Waals surface area contributed by atoms with Gasteiger partial charge in [0.25, 0.3) is 5.78 Å². The first kappa shape index (κ1) is 13.2. The lowest BCUT2D eigenvalue weighted by molar-refractivity contribution is 0.627. The molecule has 4 rings (SSSR count). The van der Waals surface area contributed by atoms with Gasteiger partial charge in [0.15, 0.2) is 0 Å². The summed E-state index contributed by atoms with van der Waals surface area (Å²) in [4.78, 5) is 8.97. The summed E-state index contributed by atoms with van der Waals surface area (Å²) in [5.41, 5.74) is 3.36. The van der Waals surface area contributed by atoms with Crippen LogP contribution in [0, 0.1) is 12.7 Å². The van der Waals surface area contributed by atoms with E-state index in [1.54, 1.807) is 16.6 Å². The van der Waals surface area contributed by atoms with Crippen molar-refractivity contribution in [1.82, 2.24) is 19.6 Å². The van der Waals surface area contributed by atoms with Gasteiger partial charge in [-0.15, -0.1) is 5.10 Å². The molecule has 22 heavy (non-hydrogen) atoms. The highest BCUT2D eigenvalue weighted by Gasteiger charge is 2.21. The largest absolute Gasteiger partial charge is 0.366 e. The average Bonchev–Trinajstić information content (AvgIpc) is 3.10. The summed E-state index contributed by atoms with van der Waals surface area (Å²) in [6, 6.07) is 6.52. The Morgan fingerprint density at radius 1 is 1.18 bits per heavy atom. The molecule has 0 bridgehead atoms. The van der Waals surface area contributed by atoms with Crippen molar-refractivity contribution in [1.29, 1.82) is 0 Å². The molecular weight excluding hydrogens is 281 g/mol. The van der Waals surface area contributed by atoms with E-state index in [1.165, 1.54) is 17.7 Å². The van der Waals surface area contributed by atoms with E-state index in [0.717, 1.165) is 36.3 Å². The van der Waals surface area contributed by atoms with Crippen LogP contribution in [0.15, 0.2) is 24.3 Å². The minimum absolute atomic E-state index is 0.220. The summed E-state index contributed by atoms with van der Waals surface area (Å²) in [5.74, 6) is 2.09. The van der Waals surface area contributed by atoms with Crippen molar-refractivity contribution in [2.45, 2.75) is 32.7 Å². The van der Waals surface area contributed by atoms with E-state index in [-0.39, 0.29) is 5.82 Å². The molecule has 5 nitrogen and oxygen atoms in total. The minimum atomic E-state index is -0.220. The molecule has 6 heteroatoms. The van der Waals surface area contributed by atoms with Gasteiger partial charge in [-0.2, -0.15) is 9.50 Å². The third kappa shape index (κ3) is 2.20. The van der Waals surface area contributed by atoms with Gasteiger partial charge in [0.1, 0.15) is 17.5 Å². The van der Waals surface area contributed by atoms with Crippen LogP contribution in [0.1, 0.15) is 29.1 Å². The fraction of sp³-hybridized carbons (Fsp3) is 0.312. The number of rotatable bonds is 3. The maximum atomic E-state index is 13.0. The first-order valence-electron chi connectivity index (χ1n) is 7.44. The van der Waals surface area contributed by atoms with Crippen molar-refractivity contribution >= 4 is 11.6 Å². The number of nitrogens with one attached hydrogen (secondary N) is 1. The Kier molecular flexibility index (Phi) is 3.03. The fourth-order valence-electron chi connectivity index (χ4n) is 2.95. The van der Waals surface area contributed by atoms with Crippen molar-refractivity contribution in [2.75, 3.05) is 5.32 Å². The number of halogens is 1. The van der Waals surface area contributed by atoms with Crippen LogP contribution in [0.4, 0.5) is 10.2 Å². The van der Waals surface area contributed by atoms with E-state index < -0.39 is 0 Å². The van der Waals surface area contributed by atoms with Crippen LogP contribution in [-0.4, -0.2) is 19.6 Å². The lowest BCUT2D eigenvalue weighted by atomic mass is 10.2. The van der Waals surface area contributed by atoms with Gasteiger partial charge in [0, 0.05) is 12.1 Å². The highest BCUT2D eigenvalue weighted by atomic mass is 19.1. The van der Waals surface area contributed by atoms with Crippen LogP contribution >= 0.6 is 0 Å². The molecule has 0 aliphatic heterocycles. The SMILES string of the molecule is Cc1nc2nc3c(c(NCc4ccc(F)cc4)n2n1)CCC3. The molecule has 0 amide bonds. The summed E-state index contributed by atoms with van der Waals surface area (Å²) in [5, 5.41) is 7.87. The monoisotopic (exact) mass is 297 g/mol. The highest BCUT2D eigenvalue weighted by Crippen LogP contribution is 2.28. The molecule has 2 heterocycles. The Morgan fingerprint density at radius 3 is 2.82 bits per heavy atom. The van der Waals surface area contributed by atoms with Crippen molar-refractivity contribution in [2.24, 2.45) is 0 Å². The molecule has 112 valence electrons. The lowest BCUT2D eigenvalue weighted by Crippen LogP contribution is -2.10. The topological polar surface area (TPSA) is 55.1 Å². The van der Waals surface area contributed by atoms with Crippen LogP contribution < -0.4 is 5.32 Å². The number of aromatic nitrogens is 4. The van der Waals surface area contributed by atoms with E-state index in [2.05, 4.69) is 20.4 Å². The maximum Gasteiger partial charge on any atom is 0.254 e. The molecule has 1 aliphatic rings. The standard InChI is InChI=1S/C16H16FN5/c1-10-19-16-20-14-4-2-3-13(14)15(22(16)21-10)18-9-11-5-7-12(17)8-6-11/h5-8,18H,2-4,9H2,1H3. The van der Waals surface area contributed by atoms with E-state index >= 15 is 0 Å². The average molecular weight is 297 g/mol.